The third-order valence-electron chi connectivity index (χ3n) is 6.31. The van der Waals surface area contributed by atoms with E-state index in [-0.39, 0.29) is 12.0 Å². The number of carboxylic acid groups (broad SMARTS) is 1. The van der Waals surface area contributed by atoms with Gasteiger partial charge in [0.15, 0.2) is 0 Å². The van der Waals surface area contributed by atoms with Gasteiger partial charge in [-0.2, -0.15) is 11.8 Å². The van der Waals surface area contributed by atoms with Crippen LogP contribution in [0.3, 0.4) is 0 Å². The van der Waals surface area contributed by atoms with Gasteiger partial charge in [-0.3, -0.25) is 4.79 Å². The van der Waals surface area contributed by atoms with Gasteiger partial charge in [-0.15, -0.1) is 0 Å². The summed E-state index contributed by atoms with van der Waals surface area (Å²) in [4.78, 5) is 36.8. The van der Waals surface area contributed by atoms with Gasteiger partial charge in [0.25, 0.3) is 0 Å². The second kappa shape index (κ2) is 9.02. The first-order valence-corrected chi connectivity index (χ1v) is 12.2. The average Bonchev–Trinajstić information content (AvgIpc) is 3.14. The number of benzene rings is 1. The number of fused-ring (bicyclic) bond motifs is 4. The number of rotatable bonds is 7. The van der Waals surface area contributed by atoms with E-state index in [2.05, 4.69) is 5.32 Å². The number of carbonyl (C=O) groups is 2. The van der Waals surface area contributed by atoms with Crippen molar-refractivity contribution in [1.82, 2.24) is 5.32 Å². The fourth-order valence-electron chi connectivity index (χ4n) is 4.52. The average molecular weight is 458 g/mol. The number of thioether (sulfide) groups is 1. The second-order valence-electron chi connectivity index (χ2n) is 8.38. The van der Waals surface area contributed by atoms with Crippen LogP contribution >= 0.6 is 11.8 Å². The largest absolute Gasteiger partial charge is 0.480 e. The lowest BCUT2D eigenvalue weighted by Gasteiger charge is -2.15. The van der Waals surface area contributed by atoms with E-state index in [4.69, 9.17) is 8.83 Å². The van der Waals surface area contributed by atoms with Crippen molar-refractivity contribution in [2.45, 2.75) is 58.4 Å². The molecule has 0 fully saturated rings. The topological polar surface area (TPSA) is 110 Å². The Hall–Kier alpha value is -2.74. The van der Waals surface area contributed by atoms with Gasteiger partial charge < -0.3 is 19.3 Å². The minimum Gasteiger partial charge on any atom is -0.480 e. The molecule has 2 heterocycles. The molecule has 0 spiro atoms. The van der Waals surface area contributed by atoms with E-state index in [9.17, 15) is 19.5 Å². The standard InChI is InChI=1S/C24H27NO6S/c1-12-15-10-17-14-6-4-5-7-19(14)30-22(17)13(2)21(15)31-24(29)16(12)11-20(26)25-18(23(27)28)8-9-32-3/h10,18H,4-9,11H2,1-3H3,(H,25,26)(H,27,28)/t18-/m1/s1. The van der Waals surface area contributed by atoms with Gasteiger partial charge in [-0.25, -0.2) is 9.59 Å². The molecule has 1 aliphatic carbocycles. The number of aryl methyl sites for hydroxylation is 4. The van der Waals surface area contributed by atoms with Gasteiger partial charge in [-0.05, 0) is 63.2 Å². The van der Waals surface area contributed by atoms with E-state index in [1.165, 1.54) is 17.3 Å². The highest BCUT2D eigenvalue weighted by Crippen LogP contribution is 2.37. The van der Waals surface area contributed by atoms with Crippen molar-refractivity contribution in [3.05, 3.63) is 44.5 Å². The first-order chi connectivity index (χ1) is 15.3. The maximum atomic E-state index is 12.8. The van der Waals surface area contributed by atoms with Gasteiger partial charge in [-0.1, -0.05) is 0 Å². The van der Waals surface area contributed by atoms with E-state index >= 15 is 0 Å². The van der Waals surface area contributed by atoms with Crippen LogP contribution in [0.25, 0.3) is 21.9 Å². The molecule has 0 saturated heterocycles. The van der Waals surface area contributed by atoms with Crippen LogP contribution in [0.4, 0.5) is 0 Å². The van der Waals surface area contributed by atoms with Crippen molar-refractivity contribution in [3.8, 4) is 0 Å². The summed E-state index contributed by atoms with van der Waals surface area (Å²) in [5.74, 6) is 0.0250. The Labute approximate surface area is 189 Å². The molecule has 32 heavy (non-hydrogen) atoms. The third-order valence-corrected chi connectivity index (χ3v) is 6.95. The van der Waals surface area contributed by atoms with Crippen LogP contribution in [-0.2, 0) is 28.9 Å². The van der Waals surface area contributed by atoms with E-state index in [1.54, 1.807) is 0 Å². The summed E-state index contributed by atoms with van der Waals surface area (Å²) in [6, 6.07) is 1.02. The monoisotopic (exact) mass is 457 g/mol. The van der Waals surface area contributed by atoms with Crippen LogP contribution in [0.2, 0.25) is 0 Å². The Kier molecular flexibility index (Phi) is 6.33. The van der Waals surface area contributed by atoms with Gasteiger partial charge in [0, 0.05) is 28.3 Å². The fraction of sp³-hybridized carbons (Fsp3) is 0.458. The highest BCUT2D eigenvalue weighted by atomic mass is 32.2. The minimum atomic E-state index is -1.09. The summed E-state index contributed by atoms with van der Waals surface area (Å²) in [5.41, 5.74) is 3.58. The molecule has 0 aliphatic heterocycles. The van der Waals surface area contributed by atoms with E-state index in [0.717, 1.165) is 53.4 Å². The number of hydrogen-bond acceptors (Lipinski definition) is 6. The molecule has 1 aliphatic rings. The highest BCUT2D eigenvalue weighted by molar-refractivity contribution is 7.98. The van der Waals surface area contributed by atoms with Crippen molar-refractivity contribution in [1.29, 1.82) is 0 Å². The van der Waals surface area contributed by atoms with E-state index < -0.39 is 23.5 Å². The van der Waals surface area contributed by atoms with Gasteiger partial charge in [0.05, 0.1) is 12.0 Å². The van der Waals surface area contributed by atoms with Gasteiger partial charge in [0.2, 0.25) is 5.91 Å². The molecule has 2 aromatic heterocycles. The molecule has 8 heteroatoms. The lowest BCUT2D eigenvalue weighted by atomic mass is 9.93. The Morgan fingerprint density at radius 2 is 1.84 bits per heavy atom. The number of carbonyl (C=O) groups excluding carboxylic acids is 1. The molecule has 3 aromatic rings. The normalized spacial score (nSPS) is 14.5. The molecule has 0 saturated carbocycles. The number of amides is 1. The molecule has 170 valence electrons. The third kappa shape index (κ3) is 4.03. The molecule has 7 nitrogen and oxygen atoms in total. The lowest BCUT2D eigenvalue weighted by Crippen LogP contribution is -2.42. The summed E-state index contributed by atoms with van der Waals surface area (Å²) in [5, 5.41) is 13.7. The van der Waals surface area contributed by atoms with Gasteiger partial charge >= 0.3 is 11.6 Å². The van der Waals surface area contributed by atoms with Crippen LogP contribution in [0.15, 0.2) is 19.7 Å². The van der Waals surface area contributed by atoms with Crippen LogP contribution < -0.4 is 10.9 Å². The van der Waals surface area contributed by atoms with Crippen LogP contribution in [0.5, 0.6) is 0 Å². The molecule has 1 aromatic carbocycles. The Balaban J connectivity index is 1.72. The molecular formula is C24H27NO6S. The molecule has 4 rings (SSSR count). The number of furan rings is 1. The predicted octanol–water partition coefficient (Wildman–Crippen LogP) is 3.90. The molecule has 0 radical (unpaired) electrons. The Morgan fingerprint density at radius 3 is 2.56 bits per heavy atom. The maximum Gasteiger partial charge on any atom is 0.340 e. The summed E-state index contributed by atoms with van der Waals surface area (Å²) in [7, 11) is 0. The molecule has 1 amide bonds. The molecule has 1 atom stereocenters. The van der Waals surface area contributed by atoms with Crippen molar-refractivity contribution < 1.29 is 23.5 Å². The predicted molar refractivity (Wildman–Crippen MR) is 125 cm³/mol. The van der Waals surface area contributed by atoms with Crippen molar-refractivity contribution in [3.63, 3.8) is 0 Å². The first kappa shape index (κ1) is 22.5. The SMILES string of the molecule is CSCC[C@@H](NC(=O)Cc1c(C)c2cc3c4c(oc3c(C)c2oc1=O)CCCC4)C(=O)O. The van der Waals surface area contributed by atoms with Crippen molar-refractivity contribution in [2.24, 2.45) is 0 Å². The highest BCUT2D eigenvalue weighted by Gasteiger charge is 2.25. The quantitative estimate of drug-likeness (QED) is 0.518. The van der Waals surface area contributed by atoms with E-state index in [0.29, 0.717) is 23.3 Å². The van der Waals surface area contributed by atoms with Crippen LogP contribution in [0, 0.1) is 13.8 Å². The molecule has 0 bridgehead atoms. The molecule has 2 N–H and O–H groups in total. The summed E-state index contributed by atoms with van der Waals surface area (Å²) in [6.07, 6.45) is 6.06. The zero-order chi connectivity index (χ0) is 23.0. The number of aliphatic carboxylic acids is 1. The lowest BCUT2D eigenvalue weighted by molar-refractivity contribution is -0.141. The van der Waals surface area contributed by atoms with Crippen LogP contribution in [0.1, 0.15) is 47.3 Å². The van der Waals surface area contributed by atoms with Gasteiger partial charge in [0.1, 0.15) is 23.0 Å². The summed E-state index contributed by atoms with van der Waals surface area (Å²) < 4.78 is 11.8. The Morgan fingerprint density at radius 1 is 1.12 bits per heavy atom. The van der Waals surface area contributed by atoms with Crippen LogP contribution in [-0.4, -0.2) is 35.0 Å². The molecular weight excluding hydrogens is 430 g/mol. The van der Waals surface area contributed by atoms with Crippen molar-refractivity contribution in [2.75, 3.05) is 12.0 Å². The number of nitrogens with one attached hydrogen (secondary N) is 1. The van der Waals surface area contributed by atoms with E-state index in [1.807, 2.05) is 26.2 Å². The smallest absolute Gasteiger partial charge is 0.340 e. The minimum absolute atomic E-state index is 0.228. The zero-order valence-electron chi connectivity index (χ0n) is 18.5. The second-order valence-corrected chi connectivity index (χ2v) is 9.36. The van der Waals surface area contributed by atoms with Crippen molar-refractivity contribution >= 4 is 45.6 Å². The number of hydrogen-bond donors (Lipinski definition) is 2. The fourth-order valence-corrected chi connectivity index (χ4v) is 4.99. The first-order valence-electron chi connectivity index (χ1n) is 10.8. The Bertz CT molecular complexity index is 1270. The summed E-state index contributed by atoms with van der Waals surface area (Å²) >= 11 is 1.51. The number of carboxylic acids is 1. The maximum absolute atomic E-state index is 12.8. The summed E-state index contributed by atoms with van der Waals surface area (Å²) in [6.45, 7) is 3.69. The zero-order valence-corrected chi connectivity index (χ0v) is 19.3. The molecule has 0 unspecified atom stereocenters.